The minimum Gasteiger partial charge on any atom is -0.341 e. The fourth-order valence-electron chi connectivity index (χ4n) is 3.54. The van der Waals surface area contributed by atoms with Gasteiger partial charge in [-0.3, -0.25) is 4.79 Å². The van der Waals surface area contributed by atoms with E-state index in [9.17, 15) is 4.79 Å². The lowest BCUT2D eigenvalue weighted by atomic mass is 9.95. The van der Waals surface area contributed by atoms with Gasteiger partial charge in [0.25, 0.3) is 0 Å². The van der Waals surface area contributed by atoms with Gasteiger partial charge in [-0.25, -0.2) is 0 Å². The molecule has 0 unspecified atom stereocenters. The average Bonchev–Trinajstić information content (AvgIpc) is 3.07. The van der Waals surface area contributed by atoms with Crippen molar-refractivity contribution >= 4 is 29.4 Å². The Morgan fingerprint density at radius 1 is 1.19 bits per heavy atom. The van der Waals surface area contributed by atoms with Crippen LogP contribution in [0.25, 0.3) is 0 Å². The standard InChI is InChI=1S/C20H28N4OS2/c1-15-21-22-20(24(15)17-7-5-4-6-8-17)27-14-19(25)23(2)13-16-9-11-18(26-3)12-10-16/h9-12,17H,4-8,13-14H2,1-3H3. The van der Waals surface area contributed by atoms with Crippen molar-refractivity contribution in [2.24, 2.45) is 0 Å². The van der Waals surface area contributed by atoms with Gasteiger partial charge in [-0.15, -0.1) is 22.0 Å². The van der Waals surface area contributed by atoms with Crippen LogP contribution in [0.3, 0.4) is 0 Å². The highest BCUT2D eigenvalue weighted by Gasteiger charge is 2.22. The average molecular weight is 405 g/mol. The molecule has 3 rings (SSSR count). The predicted octanol–water partition coefficient (Wildman–Crippen LogP) is 4.56. The van der Waals surface area contributed by atoms with Crippen molar-refractivity contribution < 1.29 is 4.79 Å². The molecule has 0 aliphatic heterocycles. The number of hydrogen-bond acceptors (Lipinski definition) is 5. The van der Waals surface area contributed by atoms with E-state index in [0.29, 0.717) is 18.3 Å². The van der Waals surface area contributed by atoms with Crippen molar-refractivity contribution in [3.63, 3.8) is 0 Å². The number of carbonyl (C=O) groups is 1. The second-order valence-corrected chi connectivity index (χ2v) is 8.90. The summed E-state index contributed by atoms with van der Waals surface area (Å²) in [5.74, 6) is 1.47. The number of amides is 1. The van der Waals surface area contributed by atoms with Gasteiger partial charge >= 0.3 is 0 Å². The predicted molar refractivity (Wildman–Crippen MR) is 112 cm³/mol. The lowest BCUT2D eigenvalue weighted by Gasteiger charge is -2.25. The lowest BCUT2D eigenvalue weighted by Crippen LogP contribution is -2.28. The molecule has 1 aromatic heterocycles. The van der Waals surface area contributed by atoms with Gasteiger partial charge in [-0.2, -0.15) is 0 Å². The molecule has 0 bridgehead atoms. The van der Waals surface area contributed by atoms with Crippen LogP contribution in [0.4, 0.5) is 0 Å². The number of nitrogens with zero attached hydrogens (tertiary/aromatic N) is 4. The monoisotopic (exact) mass is 404 g/mol. The molecule has 1 amide bonds. The SMILES string of the molecule is CSc1ccc(CN(C)C(=O)CSc2nnc(C)n2C2CCCCC2)cc1. The maximum absolute atomic E-state index is 12.6. The first kappa shape index (κ1) is 20.3. The number of benzene rings is 1. The molecule has 1 aliphatic rings. The topological polar surface area (TPSA) is 51.0 Å². The smallest absolute Gasteiger partial charge is 0.233 e. The summed E-state index contributed by atoms with van der Waals surface area (Å²) in [7, 11) is 1.86. The normalized spacial score (nSPS) is 15.1. The van der Waals surface area contributed by atoms with Crippen molar-refractivity contribution in [3.05, 3.63) is 35.7 Å². The van der Waals surface area contributed by atoms with Crippen LogP contribution in [0, 0.1) is 6.92 Å². The fourth-order valence-corrected chi connectivity index (χ4v) is 4.94. The van der Waals surface area contributed by atoms with Gasteiger partial charge in [0, 0.05) is 24.5 Å². The van der Waals surface area contributed by atoms with Gasteiger partial charge in [0.15, 0.2) is 5.16 Å². The molecule has 1 aliphatic carbocycles. The van der Waals surface area contributed by atoms with Crippen LogP contribution in [0.1, 0.15) is 49.5 Å². The highest BCUT2D eigenvalue weighted by atomic mass is 32.2. The number of aryl methyl sites for hydroxylation is 1. The van der Waals surface area contributed by atoms with Crippen LogP contribution in [-0.4, -0.2) is 44.6 Å². The van der Waals surface area contributed by atoms with Crippen molar-refractivity contribution in [2.75, 3.05) is 19.1 Å². The molecule has 146 valence electrons. The zero-order chi connectivity index (χ0) is 19.2. The van der Waals surface area contributed by atoms with Crippen LogP contribution in [0.15, 0.2) is 34.3 Å². The molecule has 5 nitrogen and oxygen atoms in total. The van der Waals surface area contributed by atoms with E-state index >= 15 is 0 Å². The maximum Gasteiger partial charge on any atom is 0.233 e. The van der Waals surface area contributed by atoms with Crippen LogP contribution in [-0.2, 0) is 11.3 Å². The number of hydrogen-bond donors (Lipinski definition) is 0. The molecule has 1 heterocycles. The molecule has 1 aromatic carbocycles. The molecular formula is C20H28N4OS2. The minimum atomic E-state index is 0.116. The zero-order valence-corrected chi connectivity index (χ0v) is 18.0. The molecule has 0 radical (unpaired) electrons. The van der Waals surface area contributed by atoms with E-state index < -0.39 is 0 Å². The Labute approximate surface area is 170 Å². The quantitative estimate of drug-likeness (QED) is 0.633. The third-order valence-corrected chi connectivity index (χ3v) is 6.78. The minimum absolute atomic E-state index is 0.116. The largest absolute Gasteiger partial charge is 0.341 e. The Morgan fingerprint density at radius 3 is 2.56 bits per heavy atom. The fraction of sp³-hybridized carbons (Fsp3) is 0.550. The first-order valence-electron chi connectivity index (χ1n) is 9.49. The second kappa shape index (κ2) is 9.64. The highest BCUT2D eigenvalue weighted by Crippen LogP contribution is 2.32. The van der Waals surface area contributed by atoms with Gasteiger partial charge in [-0.1, -0.05) is 43.2 Å². The van der Waals surface area contributed by atoms with E-state index in [1.807, 2.05) is 14.0 Å². The van der Waals surface area contributed by atoms with E-state index in [-0.39, 0.29) is 5.91 Å². The Balaban J connectivity index is 1.56. The third kappa shape index (κ3) is 5.29. The molecular weight excluding hydrogens is 376 g/mol. The van der Waals surface area contributed by atoms with Gasteiger partial charge in [0.05, 0.1) is 5.75 Å². The molecule has 0 saturated heterocycles. The van der Waals surface area contributed by atoms with Crippen LogP contribution in [0.5, 0.6) is 0 Å². The van der Waals surface area contributed by atoms with Gasteiger partial charge in [-0.05, 0) is 43.7 Å². The summed E-state index contributed by atoms with van der Waals surface area (Å²) in [6, 6.07) is 8.86. The van der Waals surface area contributed by atoms with Crippen LogP contribution in [0.2, 0.25) is 0 Å². The van der Waals surface area contributed by atoms with E-state index in [2.05, 4.69) is 45.3 Å². The van der Waals surface area contributed by atoms with E-state index in [1.165, 1.54) is 48.8 Å². The van der Waals surface area contributed by atoms with Crippen molar-refractivity contribution in [2.45, 2.75) is 61.7 Å². The van der Waals surface area contributed by atoms with E-state index in [0.717, 1.165) is 16.5 Å². The molecule has 1 fully saturated rings. The van der Waals surface area contributed by atoms with Gasteiger partial charge in [0.2, 0.25) is 5.91 Å². The zero-order valence-electron chi connectivity index (χ0n) is 16.4. The third-order valence-electron chi connectivity index (χ3n) is 5.10. The summed E-state index contributed by atoms with van der Waals surface area (Å²) in [5, 5.41) is 9.47. The molecule has 2 aromatic rings. The maximum atomic E-state index is 12.6. The van der Waals surface area contributed by atoms with E-state index in [1.54, 1.807) is 16.7 Å². The first-order chi connectivity index (χ1) is 13.1. The molecule has 1 saturated carbocycles. The number of carbonyl (C=O) groups excluding carboxylic acids is 1. The summed E-state index contributed by atoms with van der Waals surface area (Å²) < 4.78 is 2.25. The highest BCUT2D eigenvalue weighted by molar-refractivity contribution is 7.99. The molecule has 27 heavy (non-hydrogen) atoms. The van der Waals surface area contributed by atoms with Crippen LogP contribution >= 0.6 is 23.5 Å². The summed E-state index contributed by atoms with van der Waals surface area (Å²) in [6.45, 7) is 2.64. The Bertz CT molecular complexity index is 754. The second-order valence-electron chi connectivity index (χ2n) is 7.08. The molecule has 7 heteroatoms. The lowest BCUT2D eigenvalue weighted by molar-refractivity contribution is -0.127. The van der Waals surface area contributed by atoms with Gasteiger partial charge < -0.3 is 9.47 Å². The summed E-state index contributed by atoms with van der Waals surface area (Å²) in [6.07, 6.45) is 8.29. The first-order valence-corrected chi connectivity index (χ1v) is 11.7. The molecule has 0 atom stereocenters. The van der Waals surface area contributed by atoms with Crippen molar-refractivity contribution in [3.8, 4) is 0 Å². The Hall–Kier alpha value is -1.47. The summed E-state index contributed by atoms with van der Waals surface area (Å²) in [5.41, 5.74) is 1.15. The van der Waals surface area contributed by atoms with E-state index in [4.69, 9.17) is 0 Å². The Morgan fingerprint density at radius 2 is 1.89 bits per heavy atom. The summed E-state index contributed by atoms with van der Waals surface area (Å²) in [4.78, 5) is 15.6. The molecule has 0 spiro atoms. The van der Waals surface area contributed by atoms with Crippen molar-refractivity contribution in [1.82, 2.24) is 19.7 Å². The van der Waals surface area contributed by atoms with Gasteiger partial charge in [0.1, 0.15) is 5.82 Å². The van der Waals surface area contributed by atoms with Crippen LogP contribution < -0.4 is 0 Å². The van der Waals surface area contributed by atoms with Crippen molar-refractivity contribution in [1.29, 1.82) is 0 Å². The summed E-state index contributed by atoms with van der Waals surface area (Å²) >= 11 is 3.23. The number of aromatic nitrogens is 3. The number of thioether (sulfide) groups is 2. The Kier molecular flexibility index (Phi) is 7.24. The molecule has 0 N–H and O–H groups in total. The number of rotatable bonds is 7.